The van der Waals surface area contributed by atoms with Gasteiger partial charge in [-0.25, -0.2) is 8.78 Å². The van der Waals surface area contributed by atoms with Gasteiger partial charge < -0.3 is 9.47 Å². The molecular formula is C23H27F2N3O4S. The Labute approximate surface area is 196 Å². The number of nitro groups is 1. The van der Waals surface area contributed by atoms with Crippen molar-refractivity contribution in [2.45, 2.75) is 44.8 Å². The summed E-state index contributed by atoms with van der Waals surface area (Å²) < 4.78 is 44.1. The topological polar surface area (TPSA) is 97.4 Å². The predicted molar refractivity (Wildman–Crippen MR) is 123 cm³/mol. The van der Waals surface area contributed by atoms with Crippen LogP contribution in [-0.2, 0) is 4.74 Å². The van der Waals surface area contributed by atoms with Crippen LogP contribution in [0.1, 0.15) is 50.0 Å². The van der Waals surface area contributed by atoms with Gasteiger partial charge in [0.2, 0.25) is 0 Å². The number of alkyl halides is 2. The van der Waals surface area contributed by atoms with E-state index < -0.39 is 36.2 Å². The molecule has 0 heterocycles. The molecule has 2 aromatic carbocycles. The molecule has 2 unspecified atom stereocenters. The van der Waals surface area contributed by atoms with E-state index in [9.17, 15) is 10.1 Å². The molecule has 0 radical (unpaired) electrons. The van der Waals surface area contributed by atoms with Gasteiger partial charge in [0.05, 0.1) is 11.0 Å². The van der Waals surface area contributed by atoms with Crippen LogP contribution in [0, 0.1) is 21.4 Å². The van der Waals surface area contributed by atoms with E-state index >= 15 is 8.78 Å². The Hall–Kier alpha value is -2.74. The molecule has 0 aliphatic heterocycles. The normalized spacial score (nSPS) is 13.2. The third-order valence-corrected chi connectivity index (χ3v) is 5.67. The highest BCUT2D eigenvalue weighted by molar-refractivity contribution is 7.97. The highest BCUT2D eigenvalue weighted by Gasteiger charge is 2.43. The predicted octanol–water partition coefficient (Wildman–Crippen LogP) is 5.99. The average Bonchev–Trinajstić information content (AvgIpc) is 2.80. The summed E-state index contributed by atoms with van der Waals surface area (Å²) in [4.78, 5) is 10.7. The van der Waals surface area contributed by atoms with Crippen LogP contribution in [-0.4, -0.2) is 29.8 Å². The SMILES string of the molecule is CCCCSNC(c1cc([N+](=O)[O-])ccc1OC(C)c1ccccc1)C(F)(F)COCC#N. The highest BCUT2D eigenvalue weighted by Crippen LogP contribution is 2.41. The Morgan fingerprint density at radius 2 is 2.00 bits per heavy atom. The molecule has 0 bridgehead atoms. The third kappa shape index (κ3) is 7.96. The lowest BCUT2D eigenvalue weighted by Crippen LogP contribution is -2.39. The number of nitrogens with zero attached hydrogens (tertiary/aromatic N) is 2. The van der Waals surface area contributed by atoms with Crippen LogP contribution in [0.4, 0.5) is 14.5 Å². The average molecular weight is 480 g/mol. The molecular weight excluding hydrogens is 452 g/mol. The van der Waals surface area contributed by atoms with Gasteiger partial charge in [-0.1, -0.05) is 55.6 Å². The molecule has 33 heavy (non-hydrogen) atoms. The van der Waals surface area contributed by atoms with E-state index in [2.05, 4.69) is 4.72 Å². The number of non-ortho nitro benzene ring substituents is 1. The van der Waals surface area contributed by atoms with E-state index in [4.69, 9.17) is 14.7 Å². The lowest BCUT2D eigenvalue weighted by Gasteiger charge is -2.29. The molecule has 0 spiro atoms. The van der Waals surface area contributed by atoms with Crippen LogP contribution in [0.2, 0.25) is 0 Å². The summed E-state index contributed by atoms with van der Waals surface area (Å²) in [5.41, 5.74) is 0.443. The molecule has 10 heteroatoms. The van der Waals surface area contributed by atoms with E-state index in [1.165, 1.54) is 12.1 Å². The first-order valence-electron chi connectivity index (χ1n) is 10.5. The van der Waals surface area contributed by atoms with Crippen molar-refractivity contribution >= 4 is 17.6 Å². The van der Waals surface area contributed by atoms with Crippen LogP contribution in [0.15, 0.2) is 48.5 Å². The maximum Gasteiger partial charge on any atom is 0.290 e. The zero-order valence-corrected chi connectivity index (χ0v) is 19.3. The lowest BCUT2D eigenvalue weighted by atomic mass is 9.99. The molecule has 178 valence electrons. The minimum absolute atomic E-state index is 0.0541. The first-order chi connectivity index (χ1) is 15.8. The Balaban J connectivity index is 2.44. The first-order valence-corrected chi connectivity index (χ1v) is 11.5. The summed E-state index contributed by atoms with van der Waals surface area (Å²) in [7, 11) is 0. The van der Waals surface area contributed by atoms with Gasteiger partial charge in [0.1, 0.15) is 31.1 Å². The number of nitro benzene ring substituents is 1. The number of nitriles is 1. The Bertz CT molecular complexity index is 941. The van der Waals surface area contributed by atoms with Gasteiger partial charge in [0.25, 0.3) is 11.6 Å². The van der Waals surface area contributed by atoms with E-state index in [0.717, 1.165) is 36.4 Å². The monoisotopic (exact) mass is 479 g/mol. The van der Waals surface area contributed by atoms with Gasteiger partial charge >= 0.3 is 0 Å². The molecule has 2 aromatic rings. The maximum atomic E-state index is 15.2. The van der Waals surface area contributed by atoms with Gasteiger partial charge in [-0.05, 0) is 25.0 Å². The van der Waals surface area contributed by atoms with Gasteiger partial charge in [-0.3, -0.25) is 14.8 Å². The van der Waals surface area contributed by atoms with Crippen molar-refractivity contribution in [2.24, 2.45) is 0 Å². The molecule has 2 atom stereocenters. The molecule has 0 amide bonds. The number of halogens is 2. The molecule has 0 fully saturated rings. The van der Waals surface area contributed by atoms with Crippen molar-refractivity contribution in [3.63, 3.8) is 0 Å². The van der Waals surface area contributed by atoms with Crippen LogP contribution in [0.25, 0.3) is 0 Å². The zero-order valence-electron chi connectivity index (χ0n) is 18.5. The zero-order chi connectivity index (χ0) is 24.3. The molecule has 1 N–H and O–H groups in total. The number of unbranched alkanes of at least 4 members (excludes halogenated alkanes) is 1. The van der Waals surface area contributed by atoms with Gasteiger partial charge in [0, 0.05) is 23.4 Å². The van der Waals surface area contributed by atoms with Crippen molar-refractivity contribution in [2.75, 3.05) is 19.0 Å². The van der Waals surface area contributed by atoms with Gasteiger partial charge in [-0.2, -0.15) is 5.26 Å². The van der Waals surface area contributed by atoms with Crippen LogP contribution < -0.4 is 9.46 Å². The van der Waals surface area contributed by atoms with Crippen molar-refractivity contribution in [1.29, 1.82) is 5.26 Å². The molecule has 0 aromatic heterocycles. The van der Waals surface area contributed by atoms with E-state index in [1.54, 1.807) is 13.0 Å². The summed E-state index contributed by atoms with van der Waals surface area (Å²) in [6.07, 6.45) is 1.22. The van der Waals surface area contributed by atoms with Gasteiger partial charge in [-0.15, -0.1) is 0 Å². The summed E-state index contributed by atoms with van der Waals surface area (Å²) in [6.45, 7) is 2.24. The maximum absolute atomic E-state index is 15.2. The number of hydrogen-bond acceptors (Lipinski definition) is 7. The summed E-state index contributed by atoms with van der Waals surface area (Å²) in [5, 5.41) is 20.0. The second-order valence-electron chi connectivity index (χ2n) is 7.31. The van der Waals surface area contributed by atoms with Crippen LogP contribution in [0.5, 0.6) is 5.75 Å². The fraction of sp³-hybridized carbons (Fsp3) is 0.435. The molecule has 0 saturated carbocycles. The molecule has 0 aliphatic rings. The molecule has 7 nitrogen and oxygen atoms in total. The fourth-order valence-electron chi connectivity index (χ4n) is 3.02. The van der Waals surface area contributed by atoms with Gasteiger partial charge in [0.15, 0.2) is 0 Å². The Morgan fingerprint density at radius 3 is 2.64 bits per heavy atom. The smallest absolute Gasteiger partial charge is 0.290 e. The number of hydrogen-bond donors (Lipinski definition) is 1. The van der Waals surface area contributed by atoms with E-state index in [1.807, 2.05) is 37.3 Å². The van der Waals surface area contributed by atoms with E-state index in [0.29, 0.717) is 5.75 Å². The highest BCUT2D eigenvalue weighted by atomic mass is 32.2. The molecule has 2 rings (SSSR count). The minimum atomic E-state index is -3.47. The quantitative estimate of drug-likeness (QED) is 0.154. The Morgan fingerprint density at radius 1 is 1.27 bits per heavy atom. The van der Waals surface area contributed by atoms with Crippen molar-refractivity contribution in [3.8, 4) is 11.8 Å². The minimum Gasteiger partial charge on any atom is -0.486 e. The lowest BCUT2D eigenvalue weighted by molar-refractivity contribution is -0.385. The van der Waals surface area contributed by atoms with Crippen molar-refractivity contribution < 1.29 is 23.2 Å². The van der Waals surface area contributed by atoms with Crippen LogP contribution >= 0.6 is 11.9 Å². The van der Waals surface area contributed by atoms with Crippen molar-refractivity contribution in [3.05, 3.63) is 69.8 Å². The second-order valence-corrected chi connectivity index (χ2v) is 8.25. The largest absolute Gasteiger partial charge is 0.486 e. The molecule has 0 aliphatic carbocycles. The number of rotatable bonds is 14. The third-order valence-electron chi connectivity index (χ3n) is 4.77. The number of benzene rings is 2. The van der Waals surface area contributed by atoms with Crippen LogP contribution in [0.3, 0.4) is 0 Å². The summed E-state index contributed by atoms with van der Waals surface area (Å²) in [5.74, 6) is -2.79. The summed E-state index contributed by atoms with van der Waals surface area (Å²) in [6, 6.07) is 12.9. The molecule has 0 saturated heterocycles. The number of nitrogens with one attached hydrogen (secondary N) is 1. The van der Waals surface area contributed by atoms with E-state index in [-0.39, 0.29) is 17.0 Å². The fourth-order valence-corrected chi connectivity index (χ4v) is 4.03. The second kappa shape index (κ2) is 13.1. The number of ether oxygens (including phenoxy) is 2. The first kappa shape index (κ1) is 26.5. The van der Waals surface area contributed by atoms with Crippen molar-refractivity contribution in [1.82, 2.24) is 4.72 Å². The Kier molecular flexibility index (Phi) is 10.5. The summed E-state index contributed by atoms with van der Waals surface area (Å²) >= 11 is 1.11. The standard InChI is InChI=1S/C23H27F2N3O4S/c1-3-4-14-33-27-22(23(24,25)16-31-13-12-26)20-15-19(28(29)30)10-11-21(20)32-17(2)18-8-6-5-7-9-18/h5-11,15,17,22,27H,3-4,13-14,16H2,1-2H3.